The van der Waals surface area contributed by atoms with E-state index in [2.05, 4.69) is 10.1 Å². The summed E-state index contributed by atoms with van der Waals surface area (Å²) in [7, 11) is 0. The largest absolute Gasteiger partial charge is 0.382 e. The summed E-state index contributed by atoms with van der Waals surface area (Å²) >= 11 is 0. The average Bonchev–Trinajstić information content (AvgIpc) is 2.67. The van der Waals surface area contributed by atoms with E-state index < -0.39 is 5.60 Å². The molecular weight excluding hydrogens is 182 g/mol. The summed E-state index contributed by atoms with van der Waals surface area (Å²) in [6.07, 6.45) is 2.70. The van der Waals surface area contributed by atoms with Gasteiger partial charge in [0.05, 0.1) is 0 Å². The number of nitrogens with zero attached hydrogens (tertiary/aromatic N) is 3. The molecule has 5 nitrogen and oxygen atoms in total. The molecule has 0 spiro atoms. The standard InChI is InChI=1S/C9H15N3O2/c1-2-12-8(10-7-11-12)9(13)3-5-14-6-4-9/h7,13H,2-6H2,1H3. The minimum Gasteiger partial charge on any atom is -0.382 e. The number of hydrogen-bond donors (Lipinski definition) is 1. The Bertz CT molecular complexity index is 305. The minimum absolute atomic E-state index is 0.590. The van der Waals surface area contributed by atoms with Crippen molar-refractivity contribution in [3.05, 3.63) is 12.2 Å². The summed E-state index contributed by atoms with van der Waals surface area (Å²) in [5.41, 5.74) is -0.842. The molecule has 1 N–H and O–H groups in total. The van der Waals surface area contributed by atoms with E-state index in [4.69, 9.17) is 4.74 Å². The van der Waals surface area contributed by atoms with Crippen LogP contribution in [0.1, 0.15) is 25.6 Å². The molecule has 0 saturated carbocycles. The summed E-state index contributed by atoms with van der Waals surface area (Å²) in [5, 5.41) is 14.4. The molecule has 1 aliphatic rings. The van der Waals surface area contributed by atoms with Crippen LogP contribution < -0.4 is 0 Å². The lowest BCUT2D eigenvalue weighted by atomic mass is 9.93. The number of rotatable bonds is 2. The molecule has 2 heterocycles. The van der Waals surface area contributed by atoms with Crippen LogP contribution in [0.5, 0.6) is 0 Å². The van der Waals surface area contributed by atoms with Gasteiger partial charge in [0.1, 0.15) is 11.9 Å². The van der Waals surface area contributed by atoms with Gasteiger partial charge in [-0.2, -0.15) is 5.10 Å². The molecule has 5 heteroatoms. The molecule has 1 fully saturated rings. The predicted molar refractivity (Wildman–Crippen MR) is 49.6 cm³/mol. The van der Waals surface area contributed by atoms with Crippen molar-refractivity contribution in [2.24, 2.45) is 0 Å². The first-order valence-electron chi connectivity index (χ1n) is 4.95. The predicted octanol–water partition coefficient (Wildman–Crippen LogP) is 0.296. The second-order valence-corrected chi connectivity index (χ2v) is 3.54. The molecule has 2 rings (SSSR count). The Morgan fingerprint density at radius 2 is 2.29 bits per heavy atom. The van der Waals surface area contributed by atoms with E-state index in [9.17, 15) is 5.11 Å². The highest BCUT2D eigenvalue weighted by molar-refractivity contribution is 5.02. The van der Waals surface area contributed by atoms with E-state index in [1.807, 2.05) is 6.92 Å². The summed E-state index contributed by atoms with van der Waals surface area (Å²) in [5.74, 6) is 0.670. The summed E-state index contributed by atoms with van der Waals surface area (Å²) in [4.78, 5) is 4.13. The zero-order valence-corrected chi connectivity index (χ0v) is 8.31. The molecule has 0 amide bonds. The lowest BCUT2D eigenvalue weighted by Crippen LogP contribution is -2.36. The van der Waals surface area contributed by atoms with Crippen LogP contribution in [0.25, 0.3) is 0 Å². The van der Waals surface area contributed by atoms with Gasteiger partial charge in [-0.05, 0) is 6.92 Å². The topological polar surface area (TPSA) is 60.2 Å². The molecule has 1 aromatic heterocycles. The van der Waals surface area contributed by atoms with Crippen LogP contribution in [0.15, 0.2) is 6.33 Å². The highest BCUT2D eigenvalue weighted by Gasteiger charge is 2.36. The summed E-state index contributed by atoms with van der Waals surface area (Å²) in [6, 6.07) is 0. The maximum Gasteiger partial charge on any atom is 0.159 e. The Kier molecular flexibility index (Phi) is 2.52. The third kappa shape index (κ3) is 1.53. The quantitative estimate of drug-likeness (QED) is 0.740. The van der Waals surface area contributed by atoms with Crippen molar-refractivity contribution in [1.82, 2.24) is 14.8 Å². The Labute approximate surface area is 82.7 Å². The van der Waals surface area contributed by atoms with Gasteiger partial charge in [-0.3, -0.25) is 0 Å². The molecule has 0 aromatic carbocycles. The first-order valence-corrected chi connectivity index (χ1v) is 4.95. The van der Waals surface area contributed by atoms with Gasteiger partial charge >= 0.3 is 0 Å². The summed E-state index contributed by atoms with van der Waals surface area (Å²) < 4.78 is 6.96. The van der Waals surface area contributed by atoms with Gasteiger partial charge < -0.3 is 9.84 Å². The van der Waals surface area contributed by atoms with E-state index in [1.54, 1.807) is 4.68 Å². The maximum absolute atomic E-state index is 10.3. The lowest BCUT2D eigenvalue weighted by Gasteiger charge is -2.30. The van der Waals surface area contributed by atoms with Crippen molar-refractivity contribution in [2.75, 3.05) is 13.2 Å². The molecule has 0 bridgehead atoms. The molecule has 1 aromatic rings. The fourth-order valence-electron chi connectivity index (χ4n) is 1.79. The van der Waals surface area contributed by atoms with E-state index in [-0.39, 0.29) is 0 Å². The molecule has 0 atom stereocenters. The van der Waals surface area contributed by atoms with Gasteiger partial charge in [-0.15, -0.1) is 0 Å². The normalized spacial score (nSPS) is 21.0. The minimum atomic E-state index is -0.842. The molecule has 1 saturated heterocycles. The van der Waals surface area contributed by atoms with Crippen LogP contribution in [0, 0.1) is 0 Å². The van der Waals surface area contributed by atoms with Crippen molar-refractivity contribution in [2.45, 2.75) is 31.9 Å². The van der Waals surface area contributed by atoms with Crippen molar-refractivity contribution in [3.8, 4) is 0 Å². The second kappa shape index (κ2) is 3.67. The van der Waals surface area contributed by atoms with Gasteiger partial charge in [-0.25, -0.2) is 9.67 Å². The van der Waals surface area contributed by atoms with E-state index in [0.29, 0.717) is 31.9 Å². The Morgan fingerprint density at radius 3 is 2.93 bits per heavy atom. The number of aliphatic hydroxyl groups is 1. The van der Waals surface area contributed by atoms with Gasteiger partial charge in [0, 0.05) is 32.6 Å². The molecule has 0 unspecified atom stereocenters. The molecule has 0 aliphatic carbocycles. The van der Waals surface area contributed by atoms with Crippen LogP contribution >= 0.6 is 0 Å². The van der Waals surface area contributed by atoms with E-state index in [1.165, 1.54) is 6.33 Å². The Morgan fingerprint density at radius 1 is 1.57 bits per heavy atom. The highest BCUT2D eigenvalue weighted by atomic mass is 16.5. The van der Waals surface area contributed by atoms with Crippen LogP contribution in [0.4, 0.5) is 0 Å². The van der Waals surface area contributed by atoms with E-state index >= 15 is 0 Å². The average molecular weight is 197 g/mol. The third-order valence-corrected chi connectivity index (χ3v) is 2.65. The fraction of sp³-hybridized carbons (Fsp3) is 0.778. The first kappa shape index (κ1) is 9.61. The maximum atomic E-state index is 10.3. The lowest BCUT2D eigenvalue weighted by molar-refractivity contribution is -0.0756. The molecule has 14 heavy (non-hydrogen) atoms. The number of aromatic nitrogens is 3. The zero-order valence-electron chi connectivity index (χ0n) is 8.31. The monoisotopic (exact) mass is 197 g/mol. The molecular formula is C9H15N3O2. The second-order valence-electron chi connectivity index (χ2n) is 3.54. The van der Waals surface area contributed by atoms with Crippen LogP contribution in [-0.2, 0) is 16.9 Å². The Balaban J connectivity index is 2.27. The van der Waals surface area contributed by atoms with Crippen LogP contribution in [-0.4, -0.2) is 33.1 Å². The SMILES string of the molecule is CCn1ncnc1C1(O)CCOCC1. The number of ether oxygens (including phenoxy) is 1. The zero-order chi connectivity index (χ0) is 10.0. The van der Waals surface area contributed by atoms with Gasteiger partial charge in [0.2, 0.25) is 0 Å². The highest BCUT2D eigenvalue weighted by Crippen LogP contribution is 2.29. The van der Waals surface area contributed by atoms with Gasteiger partial charge in [0.25, 0.3) is 0 Å². The number of aryl methyl sites for hydroxylation is 1. The smallest absolute Gasteiger partial charge is 0.159 e. The third-order valence-electron chi connectivity index (χ3n) is 2.65. The van der Waals surface area contributed by atoms with Crippen molar-refractivity contribution < 1.29 is 9.84 Å². The van der Waals surface area contributed by atoms with Crippen molar-refractivity contribution in [1.29, 1.82) is 0 Å². The number of hydrogen-bond acceptors (Lipinski definition) is 4. The van der Waals surface area contributed by atoms with Crippen molar-refractivity contribution in [3.63, 3.8) is 0 Å². The summed E-state index contributed by atoms with van der Waals surface area (Å²) in [6.45, 7) is 3.90. The molecule has 0 radical (unpaired) electrons. The fourth-order valence-corrected chi connectivity index (χ4v) is 1.79. The van der Waals surface area contributed by atoms with E-state index in [0.717, 1.165) is 6.54 Å². The first-order chi connectivity index (χ1) is 6.76. The van der Waals surface area contributed by atoms with Crippen LogP contribution in [0.2, 0.25) is 0 Å². The molecule has 1 aliphatic heterocycles. The van der Waals surface area contributed by atoms with Crippen molar-refractivity contribution >= 4 is 0 Å². The molecule has 78 valence electrons. The van der Waals surface area contributed by atoms with Gasteiger partial charge in [0.15, 0.2) is 5.82 Å². The Hall–Kier alpha value is -0.940. The van der Waals surface area contributed by atoms with Gasteiger partial charge in [-0.1, -0.05) is 0 Å². The van der Waals surface area contributed by atoms with Crippen LogP contribution in [0.3, 0.4) is 0 Å².